The van der Waals surface area contributed by atoms with Crippen LogP contribution in [0.1, 0.15) is 13.8 Å². The van der Waals surface area contributed by atoms with Crippen LogP contribution in [-0.4, -0.2) is 32.7 Å². The Hall–Kier alpha value is -2.87. The lowest BCUT2D eigenvalue weighted by atomic mass is 10.1. The van der Waals surface area contributed by atoms with Crippen LogP contribution in [0.5, 0.6) is 5.88 Å². The zero-order valence-corrected chi connectivity index (χ0v) is 17.5. The molecule has 0 aliphatic heterocycles. The number of rotatable bonds is 6. The molecule has 8 heteroatoms. The van der Waals surface area contributed by atoms with Crippen molar-refractivity contribution in [3.05, 3.63) is 59.5 Å². The first-order chi connectivity index (χ1) is 13.3. The van der Waals surface area contributed by atoms with Crippen molar-refractivity contribution in [3.8, 4) is 17.3 Å². The Balaban J connectivity index is 1.60. The number of nitrogens with zero attached hydrogens (tertiary/aromatic N) is 3. The molecule has 0 saturated carbocycles. The minimum absolute atomic E-state index is 0.267. The molecule has 3 rings (SSSR count). The molecule has 0 unspecified atom stereocenters. The number of hydrogen-bond acceptors (Lipinski definition) is 4. The molecule has 2 N–H and O–H groups in total. The SMILES string of the molecule is Cn1ccnc1-c1cccc(NC(=O)NC(C)(C)COc2ncccc2Br)c1. The minimum Gasteiger partial charge on any atom is -0.474 e. The van der Waals surface area contributed by atoms with Gasteiger partial charge in [0.2, 0.25) is 5.88 Å². The first-order valence-electron chi connectivity index (χ1n) is 8.74. The number of carbonyl (C=O) groups is 1. The van der Waals surface area contributed by atoms with E-state index in [0.29, 0.717) is 11.6 Å². The summed E-state index contributed by atoms with van der Waals surface area (Å²) in [5.74, 6) is 1.32. The summed E-state index contributed by atoms with van der Waals surface area (Å²) in [6.45, 7) is 4.03. The molecule has 1 aromatic carbocycles. The normalized spacial score (nSPS) is 11.1. The monoisotopic (exact) mass is 443 g/mol. The van der Waals surface area contributed by atoms with Gasteiger partial charge in [-0.25, -0.2) is 14.8 Å². The maximum absolute atomic E-state index is 12.4. The topological polar surface area (TPSA) is 81.1 Å². The molecule has 28 heavy (non-hydrogen) atoms. The molecule has 0 fully saturated rings. The maximum Gasteiger partial charge on any atom is 0.319 e. The number of nitrogens with one attached hydrogen (secondary N) is 2. The molecule has 0 atom stereocenters. The highest BCUT2D eigenvalue weighted by atomic mass is 79.9. The van der Waals surface area contributed by atoms with Gasteiger partial charge in [0, 0.05) is 36.9 Å². The summed E-state index contributed by atoms with van der Waals surface area (Å²) < 4.78 is 8.41. The third-order valence-electron chi connectivity index (χ3n) is 3.95. The van der Waals surface area contributed by atoms with Gasteiger partial charge in [-0.15, -0.1) is 0 Å². The van der Waals surface area contributed by atoms with Gasteiger partial charge < -0.3 is 19.9 Å². The number of anilines is 1. The van der Waals surface area contributed by atoms with Crippen LogP contribution in [0.25, 0.3) is 11.4 Å². The fourth-order valence-corrected chi connectivity index (χ4v) is 2.98. The van der Waals surface area contributed by atoms with Gasteiger partial charge in [0.05, 0.1) is 10.0 Å². The molecule has 2 heterocycles. The Morgan fingerprint density at radius 3 is 2.75 bits per heavy atom. The number of hydrogen-bond donors (Lipinski definition) is 2. The van der Waals surface area contributed by atoms with Crippen LogP contribution in [0.2, 0.25) is 0 Å². The zero-order valence-electron chi connectivity index (χ0n) is 15.9. The van der Waals surface area contributed by atoms with Gasteiger partial charge in [-0.05, 0) is 54.0 Å². The highest BCUT2D eigenvalue weighted by Crippen LogP contribution is 2.22. The molecule has 0 radical (unpaired) electrons. The predicted molar refractivity (Wildman–Crippen MR) is 112 cm³/mol. The van der Waals surface area contributed by atoms with Crippen molar-refractivity contribution < 1.29 is 9.53 Å². The van der Waals surface area contributed by atoms with Crippen LogP contribution in [0.3, 0.4) is 0 Å². The van der Waals surface area contributed by atoms with Crippen LogP contribution in [0.15, 0.2) is 59.5 Å². The number of aromatic nitrogens is 3. The summed E-state index contributed by atoms with van der Waals surface area (Å²) >= 11 is 3.39. The van der Waals surface area contributed by atoms with Gasteiger partial charge in [0.1, 0.15) is 12.4 Å². The zero-order chi connectivity index (χ0) is 20.1. The molecule has 2 amide bonds. The number of pyridine rings is 1. The third-order valence-corrected chi connectivity index (χ3v) is 4.55. The molecular weight excluding hydrogens is 422 g/mol. The van der Waals surface area contributed by atoms with E-state index in [1.807, 2.05) is 68.1 Å². The molecule has 0 saturated heterocycles. The van der Waals surface area contributed by atoms with Crippen molar-refractivity contribution in [1.82, 2.24) is 19.9 Å². The molecule has 0 aliphatic carbocycles. The largest absolute Gasteiger partial charge is 0.474 e. The van der Waals surface area contributed by atoms with Crippen LogP contribution in [-0.2, 0) is 7.05 Å². The average molecular weight is 444 g/mol. The smallest absolute Gasteiger partial charge is 0.319 e. The molecule has 7 nitrogen and oxygen atoms in total. The number of aryl methyl sites for hydroxylation is 1. The van der Waals surface area contributed by atoms with Crippen LogP contribution < -0.4 is 15.4 Å². The summed E-state index contributed by atoms with van der Waals surface area (Å²) in [5.41, 5.74) is 1.01. The highest BCUT2D eigenvalue weighted by Gasteiger charge is 2.22. The second-order valence-electron chi connectivity index (χ2n) is 6.98. The third kappa shape index (κ3) is 5.10. The minimum atomic E-state index is -0.599. The van der Waals surface area contributed by atoms with Gasteiger partial charge in [-0.2, -0.15) is 0 Å². The standard InChI is InChI=1S/C20H22BrN5O2/c1-20(2,13-28-18-16(21)8-5-9-23-18)25-19(27)24-15-7-4-6-14(12-15)17-22-10-11-26(17)3/h4-12H,13H2,1-3H3,(H2,24,25,27). The molecule has 0 aliphatic rings. The Morgan fingerprint density at radius 1 is 1.21 bits per heavy atom. The predicted octanol–water partition coefficient (Wildman–Crippen LogP) is 4.22. The lowest BCUT2D eigenvalue weighted by Crippen LogP contribution is -2.49. The molecular formula is C20H22BrN5O2. The lowest BCUT2D eigenvalue weighted by Gasteiger charge is -2.26. The van der Waals surface area contributed by atoms with Crippen molar-refractivity contribution in [2.75, 3.05) is 11.9 Å². The van der Waals surface area contributed by atoms with E-state index in [1.165, 1.54) is 0 Å². The van der Waals surface area contributed by atoms with Gasteiger partial charge in [0.25, 0.3) is 0 Å². The van der Waals surface area contributed by atoms with Crippen molar-refractivity contribution in [2.45, 2.75) is 19.4 Å². The molecule has 3 aromatic rings. The average Bonchev–Trinajstić information content (AvgIpc) is 3.07. The summed E-state index contributed by atoms with van der Waals surface area (Å²) in [5, 5.41) is 5.78. The van der Waals surface area contributed by atoms with E-state index in [2.05, 4.69) is 36.5 Å². The second kappa shape index (κ2) is 8.43. The Labute approximate surface area is 172 Å². The van der Waals surface area contributed by atoms with Crippen LogP contribution >= 0.6 is 15.9 Å². The fraction of sp³-hybridized carbons (Fsp3) is 0.250. The van der Waals surface area contributed by atoms with E-state index in [1.54, 1.807) is 12.4 Å². The molecule has 0 bridgehead atoms. The number of benzene rings is 1. The van der Waals surface area contributed by atoms with E-state index in [4.69, 9.17) is 4.74 Å². The number of halogens is 1. The van der Waals surface area contributed by atoms with Crippen molar-refractivity contribution in [3.63, 3.8) is 0 Å². The summed E-state index contributed by atoms with van der Waals surface area (Å²) in [7, 11) is 1.93. The van der Waals surface area contributed by atoms with E-state index in [9.17, 15) is 4.79 Å². The van der Waals surface area contributed by atoms with Crippen molar-refractivity contribution in [1.29, 1.82) is 0 Å². The highest BCUT2D eigenvalue weighted by molar-refractivity contribution is 9.10. The van der Waals surface area contributed by atoms with Crippen molar-refractivity contribution in [2.24, 2.45) is 7.05 Å². The first-order valence-corrected chi connectivity index (χ1v) is 9.54. The van der Waals surface area contributed by atoms with E-state index < -0.39 is 5.54 Å². The first kappa shape index (κ1) is 19.9. The van der Waals surface area contributed by atoms with Crippen LogP contribution in [0.4, 0.5) is 10.5 Å². The molecule has 146 valence electrons. The maximum atomic E-state index is 12.4. The van der Waals surface area contributed by atoms with Gasteiger partial charge >= 0.3 is 6.03 Å². The Bertz CT molecular complexity index is 970. The van der Waals surface area contributed by atoms with Gasteiger partial charge in [-0.1, -0.05) is 12.1 Å². The summed E-state index contributed by atoms with van der Waals surface area (Å²) in [6, 6.07) is 10.9. The van der Waals surface area contributed by atoms with E-state index in [0.717, 1.165) is 15.9 Å². The number of carbonyl (C=O) groups excluding carboxylic acids is 1. The van der Waals surface area contributed by atoms with E-state index >= 15 is 0 Å². The lowest BCUT2D eigenvalue weighted by molar-refractivity contribution is 0.197. The summed E-state index contributed by atoms with van der Waals surface area (Å²) in [6.07, 6.45) is 5.27. The van der Waals surface area contributed by atoms with Crippen molar-refractivity contribution >= 4 is 27.6 Å². The number of ether oxygens (including phenoxy) is 1. The van der Waals surface area contributed by atoms with Crippen LogP contribution in [0, 0.1) is 0 Å². The summed E-state index contributed by atoms with van der Waals surface area (Å²) in [4.78, 5) is 20.9. The number of imidazole rings is 1. The molecule has 0 spiro atoms. The van der Waals surface area contributed by atoms with E-state index in [-0.39, 0.29) is 12.6 Å². The fourth-order valence-electron chi connectivity index (χ4n) is 2.61. The number of amides is 2. The number of urea groups is 1. The Kier molecular flexibility index (Phi) is 5.99. The van der Waals surface area contributed by atoms with Gasteiger partial charge in [0.15, 0.2) is 0 Å². The van der Waals surface area contributed by atoms with Gasteiger partial charge in [-0.3, -0.25) is 0 Å². The molecule has 2 aromatic heterocycles. The quantitative estimate of drug-likeness (QED) is 0.597. The Morgan fingerprint density at radius 2 is 2.04 bits per heavy atom. The second-order valence-corrected chi connectivity index (χ2v) is 7.84.